The minimum Gasteiger partial charge on any atom is -0.463 e. The summed E-state index contributed by atoms with van der Waals surface area (Å²) in [6.45, 7) is 6.95. The Hall–Kier alpha value is -1.35. The van der Waals surface area contributed by atoms with Crippen LogP contribution < -0.4 is 0 Å². The van der Waals surface area contributed by atoms with E-state index in [2.05, 4.69) is 0 Å². The molecule has 0 radical (unpaired) electrons. The number of carbonyl (C=O) groups is 1. The molecule has 0 aliphatic carbocycles. The van der Waals surface area contributed by atoms with Crippen LogP contribution in [0.2, 0.25) is 0 Å². The van der Waals surface area contributed by atoms with E-state index in [0.29, 0.717) is 13.2 Å². The van der Waals surface area contributed by atoms with Crippen molar-refractivity contribution in [3.05, 3.63) is 35.9 Å². The number of hydrogen-bond acceptors (Lipinski definition) is 3. The van der Waals surface area contributed by atoms with Crippen LogP contribution in [0, 0.1) is 5.92 Å². The normalized spacial score (nSPS) is 12.4. The van der Waals surface area contributed by atoms with E-state index in [0.717, 1.165) is 12.8 Å². The first-order valence-electron chi connectivity index (χ1n) is 6.91. The Balaban J connectivity index is 2.09. The molecule has 0 N–H and O–H groups in total. The first-order valence-corrected chi connectivity index (χ1v) is 6.91. The van der Waals surface area contributed by atoms with E-state index in [4.69, 9.17) is 9.47 Å². The van der Waals surface area contributed by atoms with E-state index in [1.165, 1.54) is 5.56 Å². The van der Waals surface area contributed by atoms with Crippen LogP contribution in [0.5, 0.6) is 0 Å². The van der Waals surface area contributed by atoms with Gasteiger partial charge in [0, 0.05) is 6.61 Å². The molecule has 0 fully saturated rings. The van der Waals surface area contributed by atoms with Gasteiger partial charge in [0.25, 0.3) is 0 Å². The molecule has 0 amide bonds. The zero-order valence-corrected chi connectivity index (χ0v) is 12.1. The zero-order valence-electron chi connectivity index (χ0n) is 12.1. The third-order valence-electron chi connectivity index (χ3n) is 2.79. The molecule has 3 nitrogen and oxygen atoms in total. The van der Waals surface area contributed by atoms with E-state index in [1.54, 1.807) is 0 Å². The molecule has 0 aliphatic rings. The lowest BCUT2D eigenvalue weighted by molar-refractivity contribution is -0.152. The van der Waals surface area contributed by atoms with Gasteiger partial charge in [-0.1, -0.05) is 37.3 Å². The van der Waals surface area contributed by atoms with Crippen molar-refractivity contribution in [3.8, 4) is 0 Å². The van der Waals surface area contributed by atoms with Crippen molar-refractivity contribution in [2.24, 2.45) is 5.92 Å². The van der Waals surface area contributed by atoms with Gasteiger partial charge < -0.3 is 9.47 Å². The Labute approximate surface area is 115 Å². The maximum absolute atomic E-state index is 11.6. The summed E-state index contributed by atoms with van der Waals surface area (Å²) in [5, 5.41) is 0. The topological polar surface area (TPSA) is 35.5 Å². The second-order valence-corrected chi connectivity index (χ2v) is 5.07. The maximum Gasteiger partial charge on any atom is 0.308 e. The lowest BCUT2D eigenvalue weighted by Crippen LogP contribution is -2.19. The van der Waals surface area contributed by atoms with Crippen molar-refractivity contribution in [1.82, 2.24) is 0 Å². The molecule has 0 heterocycles. The van der Waals surface area contributed by atoms with Gasteiger partial charge in [-0.15, -0.1) is 0 Å². The fourth-order valence-corrected chi connectivity index (χ4v) is 1.72. The Kier molecular flexibility index (Phi) is 7.19. The molecule has 0 spiro atoms. The average Bonchev–Trinajstić information content (AvgIpc) is 2.38. The van der Waals surface area contributed by atoms with Crippen LogP contribution in [-0.2, 0) is 20.9 Å². The number of rotatable bonds is 8. The van der Waals surface area contributed by atoms with Crippen molar-refractivity contribution in [2.75, 3.05) is 6.61 Å². The lowest BCUT2D eigenvalue weighted by atomic mass is 10.1. The first kappa shape index (κ1) is 15.7. The molecule has 1 unspecified atom stereocenters. The summed E-state index contributed by atoms with van der Waals surface area (Å²) >= 11 is 0. The van der Waals surface area contributed by atoms with E-state index in [-0.39, 0.29) is 18.0 Å². The van der Waals surface area contributed by atoms with Crippen LogP contribution in [0.4, 0.5) is 0 Å². The summed E-state index contributed by atoms with van der Waals surface area (Å²) in [7, 11) is 0. The largest absolute Gasteiger partial charge is 0.463 e. The zero-order chi connectivity index (χ0) is 14.1. The van der Waals surface area contributed by atoms with Crippen LogP contribution in [-0.4, -0.2) is 18.7 Å². The predicted molar refractivity (Wildman–Crippen MR) is 75.7 cm³/mol. The summed E-state index contributed by atoms with van der Waals surface area (Å²) in [4.78, 5) is 11.6. The number of esters is 1. The highest BCUT2D eigenvalue weighted by Gasteiger charge is 2.15. The Morgan fingerprint density at radius 1 is 1.16 bits per heavy atom. The molecule has 106 valence electrons. The molecule has 19 heavy (non-hydrogen) atoms. The summed E-state index contributed by atoms with van der Waals surface area (Å²) in [6.07, 6.45) is 1.64. The van der Waals surface area contributed by atoms with Gasteiger partial charge in [-0.2, -0.15) is 0 Å². The van der Waals surface area contributed by atoms with Crippen molar-refractivity contribution < 1.29 is 14.3 Å². The standard InChI is InChI=1S/C16H24O3/c1-13(2)19-16(17)14(3)8-7-11-18-12-15-9-5-4-6-10-15/h4-6,9-10,13-14H,7-8,11-12H2,1-3H3. The van der Waals surface area contributed by atoms with Gasteiger partial charge in [-0.25, -0.2) is 0 Å². The fourth-order valence-electron chi connectivity index (χ4n) is 1.72. The minimum absolute atomic E-state index is 0.0377. The van der Waals surface area contributed by atoms with Crippen molar-refractivity contribution in [2.45, 2.75) is 46.3 Å². The minimum atomic E-state index is -0.113. The van der Waals surface area contributed by atoms with Crippen LogP contribution in [0.25, 0.3) is 0 Å². The molecule has 0 saturated carbocycles. The Morgan fingerprint density at radius 2 is 1.84 bits per heavy atom. The van der Waals surface area contributed by atoms with E-state index in [1.807, 2.05) is 51.1 Å². The quantitative estimate of drug-likeness (QED) is 0.532. The second kappa shape index (κ2) is 8.70. The van der Waals surface area contributed by atoms with Gasteiger partial charge in [-0.3, -0.25) is 4.79 Å². The van der Waals surface area contributed by atoms with Crippen molar-refractivity contribution >= 4 is 5.97 Å². The SMILES string of the molecule is CC(C)OC(=O)C(C)CCCOCc1ccccc1. The van der Waals surface area contributed by atoms with Crippen LogP contribution in [0.15, 0.2) is 30.3 Å². The summed E-state index contributed by atoms with van der Waals surface area (Å²) in [5.74, 6) is -0.166. The van der Waals surface area contributed by atoms with Gasteiger partial charge in [0.2, 0.25) is 0 Å². The number of hydrogen-bond donors (Lipinski definition) is 0. The molecule has 0 saturated heterocycles. The summed E-state index contributed by atoms with van der Waals surface area (Å²) in [5.41, 5.74) is 1.18. The first-order chi connectivity index (χ1) is 9.09. The van der Waals surface area contributed by atoms with Gasteiger partial charge in [0.1, 0.15) is 0 Å². The van der Waals surface area contributed by atoms with E-state index < -0.39 is 0 Å². The van der Waals surface area contributed by atoms with Gasteiger partial charge in [-0.05, 0) is 32.3 Å². The third kappa shape index (κ3) is 6.97. The highest BCUT2D eigenvalue weighted by atomic mass is 16.5. The molecular weight excluding hydrogens is 240 g/mol. The van der Waals surface area contributed by atoms with Gasteiger partial charge in [0.15, 0.2) is 0 Å². The number of carbonyl (C=O) groups excluding carboxylic acids is 1. The van der Waals surface area contributed by atoms with E-state index >= 15 is 0 Å². The smallest absolute Gasteiger partial charge is 0.308 e. The molecule has 0 aliphatic heterocycles. The van der Waals surface area contributed by atoms with E-state index in [9.17, 15) is 4.79 Å². The predicted octanol–water partition coefficient (Wildman–Crippen LogP) is 3.57. The molecule has 1 atom stereocenters. The van der Waals surface area contributed by atoms with Crippen LogP contribution in [0.3, 0.4) is 0 Å². The fraction of sp³-hybridized carbons (Fsp3) is 0.562. The molecule has 3 heteroatoms. The molecule has 0 bridgehead atoms. The molecule has 1 rings (SSSR count). The van der Waals surface area contributed by atoms with Crippen LogP contribution >= 0.6 is 0 Å². The third-order valence-corrected chi connectivity index (χ3v) is 2.79. The molecule has 1 aromatic rings. The lowest BCUT2D eigenvalue weighted by Gasteiger charge is -2.13. The molecule has 0 aromatic heterocycles. The Bertz CT molecular complexity index is 360. The number of benzene rings is 1. The molecule has 1 aromatic carbocycles. The van der Waals surface area contributed by atoms with Gasteiger partial charge in [0.05, 0.1) is 18.6 Å². The van der Waals surface area contributed by atoms with Gasteiger partial charge >= 0.3 is 5.97 Å². The highest BCUT2D eigenvalue weighted by molar-refractivity contribution is 5.72. The Morgan fingerprint density at radius 3 is 2.47 bits per heavy atom. The number of ether oxygens (including phenoxy) is 2. The highest BCUT2D eigenvalue weighted by Crippen LogP contribution is 2.10. The molecular formula is C16H24O3. The second-order valence-electron chi connectivity index (χ2n) is 5.07. The summed E-state index contributed by atoms with van der Waals surface area (Å²) in [6, 6.07) is 10.1. The summed E-state index contributed by atoms with van der Waals surface area (Å²) < 4.78 is 10.7. The van der Waals surface area contributed by atoms with Crippen molar-refractivity contribution in [3.63, 3.8) is 0 Å². The average molecular weight is 264 g/mol. The van der Waals surface area contributed by atoms with Crippen molar-refractivity contribution in [1.29, 1.82) is 0 Å². The van der Waals surface area contributed by atoms with Crippen LogP contribution in [0.1, 0.15) is 39.2 Å². The monoisotopic (exact) mass is 264 g/mol. The maximum atomic E-state index is 11.6.